The van der Waals surface area contributed by atoms with Crippen molar-refractivity contribution in [2.45, 2.75) is 12.8 Å². The summed E-state index contributed by atoms with van der Waals surface area (Å²) in [4.78, 5) is 27.1. The van der Waals surface area contributed by atoms with E-state index in [1.165, 1.54) is 12.1 Å². The molecule has 0 atom stereocenters. The van der Waals surface area contributed by atoms with Crippen molar-refractivity contribution in [3.63, 3.8) is 0 Å². The van der Waals surface area contributed by atoms with Crippen LogP contribution in [-0.4, -0.2) is 23.3 Å². The van der Waals surface area contributed by atoms with E-state index in [0.29, 0.717) is 12.0 Å². The van der Waals surface area contributed by atoms with E-state index in [2.05, 4.69) is 4.98 Å². The number of nitrogens with zero attached hydrogens (tertiary/aromatic N) is 1. The van der Waals surface area contributed by atoms with Gasteiger partial charge >= 0.3 is 0 Å². The molecule has 2 aromatic carbocycles. The van der Waals surface area contributed by atoms with E-state index in [9.17, 15) is 14.0 Å². The Labute approximate surface area is 166 Å². The fourth-order valence-corrected chi connectivity index (χ4v) is 3.11. The molecular formula is C22H17FN2O4. The van der Waals surface area contributed by atoms with Gasteiger partial charge in [-0.1, -0.05) is 12.1 Å². The number of hydrogen-bond acceptors (Lipinski definition) is 5. The number of aromatic nitrogens is 1. The van der Waals surface area contributed by atoms with Crippen molar-refractivity contribution in [3.8, 4) is 17.4 Å². The number of ketones is 1. The van der Waals surface area contributed by atoms with Crippen molar-refractivity contribution in [1.29, 1.82) is 0 Å². The van der Waals surface area contributed by atoms with Gasteiger partial charge in [-0.05, 0) is 47.9 Å². The lowest BCUT2D eigenvalue weighted by Gasteiger charge is -2.18. The number of ether oxygens (including phenoxy) is 2. The number of hydrogen-bond donors (Lipinski definition) is 1. The Morgan fingerprint density at radius 3 is 2.69 bits per heavy atom. The average molecular weight is 392 g/mol. The Kier molecular flexibility index (Phi) is 4.95. The third kappa shape index (κ3) is 3.94. The van der Waals surface area contributed by atoms with E-state index in [0.717, 1.165) is 11.1 Å². The van der Waals surface area contributed by atoms with Gasteiger partial charge in [0.2, 0.25) is 17.6 Å². The van der Waals surface area contributed by atoms with Crippen LogP contribution in [0.4, 0.5) is 4.39 Å². The van der Waals surface area contributed by atoms with E-state index >= 15 is 0 Å². The molecule has 0 fully saturated rings. The zero-order chi connectivity index (χ0) is 20.4. The molecule has 1 aromatic heterocycles. The van der Waals surface area contributed by atoms with Gasteiger partial charge in [-0.25, -0.2) is 4.98 Å². The number of amides is 1. The van der Waals surface area contributed by atoms with E-state index in [1.807, 2.05) is 18.2 Å². The number of pyridine rings is 1. The maximum atomic E-state index is 14.7. The molecule has 0 spiro atoms. The molecule has 1 aliphatic rings. The average Bonchev–Trinajstić information content (AvgIpc) is 2.71. The number of fused-ring (bicyclic) bond motifs is 1. The van der Waals surface area contributed by atoms with Crippen molar-refractivity contribution in [1.82, 2.24) is 4.98 Å². The van der Waals surface area contributed by atoms with E-state index in [4.69, 9.17) is 15.2 Å². The monoisotopic (exact) mass is 392 g/mol. The number of carbonyl (C=O) groups excluding carboxylic acids is 2. The third-order valence-corrected chi connectivity index (χ3v) is 4.60. The molecule has 0 saturated heterocycles. The first-order valence-electron chi connectivity index (χ1n) is 9.01. The number of halogens is 1. The van der Waals surface area contributed by atoms with Crippen LogP contribution in [0.25, 0.3) is 0 Å². The van der Waals surface area contributed by atoms with Crippen LogP contribution < -0.4 is 15.2 Å². The normalized spacial score (nSPS) is 12.8. The summed E-state index contributed by atoms with van der Waals surface area (Å²) in [5, 5.41) is 0. The summed E-state index contributed by atoms with van der Waals surface area (Å²) < 4.78 is 25.6. The predicted octanol–water partition coefficient (Wildman–Crippen LogP) is 3.67. The molecule has 29 heavy (non-hydrogen) atoms. The van der Waals surface area contributed by atoms with Crippen molar-refractivity contribution in [3.05, 3.63) is 82.8 Å². The molecule has 1 aliphatic heterocycles. The number of Topliss-reactive ketones (excluding diaryl/α,β-unsaturated/α-hetero) is 1. The first-order chi connectivity index (χ1) is 14.0. The number of primary amides is 1. The molecule has 0 radical (unpaired) electrons. The second-order valence-corrected chi connectivity index (χ2v) is 6.62. The quantitative estimate of drug-likeness (QED) is 0.715. The summed E-state index contributed by atoms with van der Waals surface area (Å²) in [7, 11) is 0. The molecule has 7 heteroatoms. The zero-order valence-corrected chi connectivity index (χ0v) is 15.4. The van der Waals surface area contributed by atoms with Gasteiger partial charge in [-0.15, -0.1) is 0 Å². The predicted molar refractivity (Wildman–Crippen MR) is 103 cm³/mol. The fourth-order valence-electron chi connectivity index (χ4n) is 3.11. The molecule has 146 valence electrons. The first kappa shape index (κ1) is 18.6. The smallest absolute Gasteiger partial charge is 0.248 e. The lowest BCUT2D eigenvalue weighted by molar-refractivity contribution is 0.0928. The third-order valence-electron chi connectivity index (χ3n) is 4.60. The van der Waals surface area contributed by atoms with Crippen molar-refractivity contribution in [2.24, 2.45) is 5.73 Å². The second-order valence-electron chi connectivity index (χ2n) is 6.62. The van der Waals surface area contributed by atoms with Gasteiger partial charge < -0.3 is 15.2 Å². The van der Waals surface area contributed by atoms with Gasteiger partial charge in [-0.3, -0.25) is 9.59 Å². The summed E-state index contributed by atoms with van der Waals surface area (Å²) in [5.41, 5.74) is 7.78. The summed E-state index contributed by atoms with van der Waals surface area (Å²) in [6.45, 7) is 0.147. The van der Waals surface area contributed by atoms with Crippen LogP contribution in [0.3, 0.4) is 0 Å². The zero-order valence-electron chi connectivity index (χ0n) is 15.4. The molecule has 6 nitrogen and oxygen atoms in total. The van der Waals surface area contributed by atoms with Crippen LogP contribution >= 0.6 is 0 Å². The summed E-state index contributed by atoms with van der Waals surface area (Å²) in [5.74, 6) is -1.27. The minimum atomic E-state index is -0.718. The first-order valence-corrected chi connectivity index (χ1v) is 9.01. The molecule has 0 saturated carbocycles. The lowest BCUT2D eigenvalue weighted by Crippen LogP contribution is -2.16. The van der Waals surface area contributed by atoms with E-state index in [1.54, 1.807) is 24.4 Å². The molecule has 0 unspecified atom stereocenters. The minimum absolute atomic E-state index is 0.0612. The van der Waals surface area contributed by atoms with Gasteiger partial charge in [0.1, 0.15) is 0 Å². The molecular weight excluding hydrogens is 375 g/mol. The molecule has 0 bridgehead atoms. The van der Waals surface area contributed by atoms with E-state index in [-0.39, 0.29) is 41.8 Å². The summed E-state index contributed by atoms with van der Waals surface area (Å²) in [6, 6.07) is 13.4. The Balaban J connectivity index is 1.54. The molecule has 4 rings (SSSR count). The number of benzene rings is 2. The number of carbonyl (C=O) groups is 2. The van der Waals surface area contributed by atoms with Gasteiger partial charge in [0.05, 0.1) is 12.2 Å². The van der Waals surface area contributed by atoms with Gasteiger partial charge in [-0.2, -0.15) is 4.39 Å². The Hall–Kier alpha value is -3.74. The van der Waals surface area contributed by atoms with Gasteiger partial charge in [0.25, 0.3) is 0 Å². The Morgan fingerprint density at radius 1 is 1.14 bits per heavy atom. The molecule has 0 aliphatic carbocycles. The highest BCUT2D eigenvalue weighted by molar-refractivity contribution is 5.99. The van der Waals surface area contributed by atoms with Crippen molar-refractivity contribution in [2.75, 3.05) is 6.61 Å². The second kappa shape index (κ2) is 7.71. The highest BCUT2D eigenvalue weighted by Crippen LogP contribution is 2.35. The minimum Gasteiger partial charge on any atom is -0.489 e. The Morgan fingerprint density at radius 2 is 1.93 bits per heavy atom. The van der Waals surface area contributed by atoms with Crippen LogP contribution in [0, 0.1) is 5.82 Å². The largest absolute Gasteiger partial charge is 0.489 e. The highest BCUT2D eigenvalue weighted by atomic mass is 19.1. The van der Waals surface area contributed by atoms with Crippen molar-refractivity contribution < 1.29 is 23.5 Å². The molecule has 3 aromatic rings. The molecule has 1 amide bonds. The molecule has 2 N–H and O–H groups in total. The van der Waals surface area contributed by atoms with E-state index < -0.39 is 11.7 Å². The number of rotatable bonds is 5. The fraction of sp³-hybridized carbons (Fsp3) is 0.136. The van der Waals surface area contributed by atoms with Crippen LogP contribution in [-0.2, 0) is 6.42 Å². The lowest BCUT2D eigenvalue weighted by atomic mass is 10.0. The maximum absolute atomic E-state index is 14.7. The van der Waals surface area contributed by atoms with Crippen LogP contribution in [0.5, 0.6) is 17.4 Å². The Bertz CT molecular complexity index is 1100. The SMILES string of the molecule is NC(=O)c1ccc(Cc2ccnc(Oc3ccc4c(c3F)OCCC4=O)c2)cc1. The van der Waals surface area contributed by atoms with Gasteiger partial charge in [0.15, 0.2) is 17.3 Å². The standard InChI is InChI=1S/C22H17FN2O4/c23-20-18(6-5-16-17(26)8-10-28-21(16)20)29-19-12-14(7-9-25-19)11-13-1-3-15(4-2-13)22(24)27/h1-7,9,12H,8,10-11H2,(H2,24,27). The van der Waals surface area contributed by atoms with Gasteiger partial charge in [0, 0.05) is 24.2 Å². The topological polar surface area (TPSA) is 91.5 Å². The van der Waals surface area contributed by atoms with Crippen LogP contribution in [0.2, 0.25) is 0 Å². The highest BCUT2D eigenvalue weighted by Gasteiger charge is 2.25. The maximum Gasteiger partial charge on any atom is 0.248 e. The van der Waals surface area contributed by atoms with Crippen molar-refractivity contribution >= 4 is 11.7 Å². The number of nitrogens with two attached hydrogens (primary N) is 1. The van der Waals surface area contributed by atoms with Crippen LogP contribution in [0.1, 0.15) is 38.3 Å². The molecule has 2 heterocycles. The van der Waals surface area contributed by atoms with Crippen LogP contribution in [0.15, 0.2) is 54.7 Å². The summed E-state index contributed by atoms with van der Waals surface area (Å²) in [6.07, 6.45) is 2.37. The summed E-state index contributed by atoms with van der Waals surface area (Å²) >= 11 is 0.